The van der Waals surface area contributed by atoms with Crippen molar-refractivity contribution in [1.82, 2.24) is 10.0 Å². The van der Waals surface area contributed by atoms with Crippen molar-refractivity contribution in [2.24, 2.45) is 0 Å². The Kier molecular flexibility index (Phi) is 4.87. The van der Waals surface area contributed by atoms with Crippen molar-refractivity contribution in [3.63, 3.8) is 0 Å². The zero-order valence-electron chi connectivity index (χ0n) is 11.8. The van der Waals surface area contributed by atoms with E-state index in [4.69, 9.17) is 0 Å². The summed E-state index contributed by atoms with van der Waals surface area (Å²) in [5.41, 5.74) is 2.33. The lowest BCUT2D eigenvalue weighted by Gasteiger charge is -2.25. The van der Waals surface area contributed by atoms with E-state index in [0.29, 0.717) is 11.1 Å². The normalized spacial score (nSPS) is 14.5. The third-order valence-electron chi connectivity index (χ3n) is 2.95. The summed E-state index contributed by atoms with van der Waals surface area (Å²) in [5.74, 6) is -0.570. The Hall–Kier alpha value is -1.99. The number of ether oxygens (including phenoxy) is 1. The molecule has 0 aromatic heterocycles. The molecule has 21 heavy (non-hydrogen) atoms. The van der Waals surface area contributed by atoms with Gasteiger partial charge in [-0.3, -0.25) is 14.4 Å². The average molecular weight is 308 g/mol. The van der Waals surface area contributed by atoms with Gasteiger partial charge in [-0.1, -0.05) is 19.1 Å². The molecule has 0 fully saturated rings. The lowest BCUT2D eigenvalue weighted by atomic mass is 10.1. The van der Waals surface area contributed by atoms with Crippen molar-refractivity contribution in [2.75, 3.05) is 19.4 Å². The highest BCUT2D eigenvalue weighted by Gasteiger charge is 2.39. The van der Waals surface area contributed by atoms with E-state index >= 15 is 0 Å². The Morgan fingerprint density at radius 1 is 1.29 bits per heavy atom. The Labute approximate surface area is 126 Å². The molecule has 0 aliphatic carbocycles. The molecule has 1 aromatic rings. The number of imide groups is 1. The van der Waals surface area contributed by atoms with Gasteiger partial charge in [-0.2, -0.15) is 21.4 Å². The van der Waals surface area contributed by atoms with Crippen LogP contribution in [0.3, 0.4) is 0 Å². The van der Waals surface area contributed by atoms with Crippen molar-refractivity contribution < 1.29 is 19.1 Å². The van der Waals surface area contributed by atoms with Crippen molar-refractivity contribution in [3.8, 4) is 0 Å². The van der Waals surface area contributed by atoms with Crippen LogP contribution < -0.4 is 0 Å². The molecule has 1 heterocycles. The molecule has 0 spiro atoms. The summed E-state index contributed by atoms with van der Waals surface area (Å²) in [5, 5.41) is 2.31. The third-order valence-corrected chi connectivity index (χ3v) is 3.74. The molecular weight excluding hydrogens is 292 g/mol. The second-order valence-corrected chi connectivity index (χ2v) is 5.48. The van der Waals surface area contributed by atoms with Crippen LogP contribution in [0, 0.1) is 0 Å². The highest BCUT2D eigenvalue weighted by Crippen LogP contribution is 2.23. The number of carbonyl (C=O) groups excluding carboxylic acids is 3. The fourth-order valence-corrected chi connectivity index (χ4v) is 2.48. The van der Waals surface area contributed by atoms with E-state index in [1.165, 1.54) is 12.1 Å². The zero-order chi connectivity index (χ0) is 15.4. The van der Waals surface area contributed by atoms with Gasteiger partial charge in [0.25, 0.3) is 11.8 Å². The molecule has 0 saturated carbocycles. The maximum atomic E-state index is 12.4. The first kappa shape index (κ1) is 15.4. The zero-order valence-corrected chi connectivity index (χ0v) is 12.7. The van der Waals surface area contributed by atoms with E-state index in [1.807, 2.05) is 6.92 Å². The molecule has 0 bridgehead atoms. The lowest BCUT2D eigenvalue weighted by molar-refractivity contribution is -0.142. The summed E-state index contributed by atoms with van der Waals surface area (Å²) in [7, 11) is 1.26. The van der Waals surface area contributed by atoms with Crippen LogP contribution in [-0.2, 0) is 9.53 Å². The number of nitrogens with zero attached hydrogens (tertiary/aromatic N) is 2. The number of thiol groups is 1. The Balaban J connectivity index is 2.33. The largest absolute Gasteiger partial charge is 0.468 e. The Morgan fingerprint density at radius 3 is 2.33 bits per heavy atom. The van der Waals surface area contributed by atoms with Crippen LogP contribution in [0.2, 0.25) is 0 Å². The first-order chi connectivity index (χ1) is 10.1. The van der Waals surface area contributed by atoms with Crippen LogP contribution >= 0.6 is 11.4 Å². The molecule has 1 aliphatic rings. The van der Waals surface area contributed by atoms with E-state index < -0.39 is 17.8 Å². The summed E-state index contributed by atoms with van der Waals surface area (Å²) < 4.78 is 4.61. The van der Waals surface area contributed by atoms with Gasteiger partial charge in [0.1, 0.15) is 6.54 Å². The van der Waals surface area contributed by atoms with E-state index in [9.17, 15) is 14.4 Å². The van der Waals surface area contributed by atoms with Crippen LogP contribution in [0.25, 0.3) is 0 Å². The molecule has 0 atom stereocenters. The lowest BCUT2D eigenvalue weighted by Crippen LogP contribution is -2.47. The van der Waals surface area contributed by atoms with Gasteiger partial charge < -0.3 is 4.74 Å². The third kappa shape index (κ3) is 3.03. The fourth-order valence-electron chi connectivity index (χ4n) is 1.95. The number of esters is 1. The van der Waals surface area contributed by atoms with Crippen LogP contribution in [0.15, 0.2) is 24.3 Å². The quantitative estimate of drug-likeness (QED) is 0.379. The highest BCUT2D eigenvalue weighted by molar-refractivity contribution is 7.97. The van der Waals surface area contributed by atoms with Crippen molar-refractivity contribution in [3.05, 3.63) is 35.4 Å². The molecule has 112 valence electrons. The second kappa shape index (κ2) is 6.64. The number of hydrogen-bond acceptors (Lipinski definition) is 4. The van der Waals surface area contributed by atoms with E-state index in [1.54, 1.807) is 29.8 Å². The summed E-state index contributed by atoms with van der Waals surface area (Å²) >= 11 is 0.891. The molecule has 0 unspecified atom stereocenters. The van der Waals surface area contributed by atoms with E-state index in [-0.39, 0.29) is 6.54 Å². The molecule has 2 rings (SSSR count). The molecule has 6 nitrogen and oxygen atoms in total. The van der Waals surface area contributed by atoms with E-state index in [0.717, 1.165) is 22.1 Å². The maximum Gasteiger partial charge on any atom is 0.322 e. The summed E-state index contributed by atoms with van der Waals surface area (Å²) in [6.07, 6.45) is 0. The minimum absolute atomic E-state index is 0.186. The number of rotatable bonds is 5. The number of hydrazine groups is 1. The highest BCUT2D eigenvalue weighted by atomic mass is 32.1. The summed E-state index contributed by atoms with van der Waals surface area (Å²) in [6.45, 7) is 1.77. The second-order valence-electron chi connectivity index (χ2n) is 4.26. The monoisotopic (exact) mass is 308 g/mol. The number of benzene rings is 1. The van der Waals surface area contributed by atoms with Crippen LogP contribution in [-0.4, -0.2) is 52.7 Å². The smallest absolute Gasteiger partial charge is 0.322 e. The molecule has 7 heteroatoms. The average Bonchev–Trinajstić information content (AvgIpc) is 2.76. The van der Waals surface area contributed by atoms with Crippen molar-refractivity contribution in [1.29, 1.82) is 0 Å². The van der Waals surface area contributed by atoms with Crippen LogP contribution in [0.5, 0.6) is 0 Å². The maximum absolute atomic E-state index is 12.4. The first-order valence-electron chi connectivity index (χ1n) is 6.41. The standard InChI is InChI=1S/C14H16N2O4S/c1-3-21-9-15(8-12(17)20-2)16-13(18)10-6-4-5-7-11(10)14(16)19/h4-7,9,21H,3,8H2,1-2H3. The van der Waals surface area contributed by atoms with Crippen LogP contribution in [0.4, 0.5) is 0 Å². The number of carbonyl (C=O) groups is 3. The fraction of sp³-hybridized carbons (Fsp3) is 0.286. The Morgan fingerprint density at radius 2 is 1.86 bits per heavy atom. The van der Waals surface area contributed by atoms with E-state index in [2.05, 4.69) is 4.74 Å². The molecule has 0 radical (unpaired) electrons. The number of methoxy groups -OCH3 is 1. The van der Waals surface area contributed by atoms with Crippen LogP contribution in [0.1, 0.15) is 27.6 Å². The molecule has 1 aromatic carbocycles. The molecule has 0 N–H and O–H groups in total. The minimum Gasteiger partial charge on any atom is -0.468 e. The van der Waals surface area contributed by atoms with Crippen molar-refractivity contribution >= 4 is 34.6 Å². The predicted octanol–water partition coefficient (Wildman–Crippen LogP) is 0.918. The van der Waals surface area contributed by atoms with Gasteiger partial charge in [0.15, 0.2) is 0 Å². The summed E-state index contributed by atoms with van der Waals surface area (Å²) in [4.78, 5) is 36.2. The SMILES string of the molecule is CC[SH]=CN(CC(=O)OC)N1C(=O)c2ccccc2C1=O. The van der Waals surface area contributed by atoms with Gasteiger partial charge in [-0.15, -0.1) is 0 Å². The minimum atomic E-state index is -0.519. The van der Waals surface area contributed by atoms with Gasteiger partial charge in [-0.05, 0) is 17.9 Å². The van der Waals surface area contributed by atoms with Gasteiger partial charge in [0.05, 0.1) is 18.2 Å². The number of fused-ring (bicyclic) bond motifs is 1. The van der Waals surface area contributed by atoms with Crippen molar-refractivity contribution in [2.45, 2.75) is 6.92 Å². The Bertz CT molecular complexity index is 580. The molecule has 0 saturated heterocycles. The predicted molar refractivity (Wildman–Crippen MR) is 81.3 cm³/mol. The van der Waals surface area contributed by atoms with Gasteiger partial charge in [0.2, 0.25) is 0 Å². The first-order valence-corrected chi connectivity index (χ1v) is 7.56. The molecular formula is C14H16N2O4S. The number of amides is 2. The topological polar surface area (TPSA) is 66.9 Å². The van der Waals surface area contributed by atoms with Gasteiger partial charge in [0, 0.05) is 5.49 Å². The molecule has 2 amide bonds. The number of hydrogen-bond donors (Lipinski definition) is 1. The van der Waals surface area contributed by atoms with Gasteiger partial charge >= 0.3 is 5.97 Å². The summed E-state index contributed by atoms with van der Waals surface area (Å²) in [6, 6.07) is 6.60. The van der Waals surface area contributed by atoms with Gasteiger partial charge in [-0.25, -0.2) is 0 Å². The molecule has 1 aliphatic heterocycles.